The van der Waals surface area contributed by atoms with Gasteiger partial charge in [-0.1, -0.05) is 0 Å². The number of rotatable bonds is 0. The van der Waals surface area contributed by atoms with Crippen LogP contribution in [0.5, 0.6) is 0 Å². The molecule has 1 fully saturated rings. The van der Waals surface area contributed by atoms with Crippen LogP contribution in [0.4, 0.5) is 0 Å². The molecule has 0 aromatic heterocycles. The Bertz CT molecular complexity index is 330. The van der Waals surface area contributed by atoms with E-state index in [9.17, 15) is 0 Å². The Morgan fingerprint density at radius 2 is 2.30 bits per heavy atom. The molecule has 1 rings (SSSR count). The molecule has 1 aliphatic heterocycles. The van der Waals surface area contributed by atoms with Crippen molar-refractivity contribution in [2.24, 2.45) is 0 Å². The SMILES string of the molecule is [2H]C([2H])([2H])C1(C)NCCOC1(C([2H])([2H])[2H])C([2H])([2H])[2H]. The molecule has 10 heavy (non-hydrogen) atoms. The zero-order valence-electron chi connectivity index (χ0n) is 14.8. The fourth-order valence-corrected chi connectivity index (χ4v) is 0.774. The molecule has 0 saturated carbocycles. The van der Waals surface area contributed by atoms with Crippen molar-refractivity contribution in [2.45, 2.75) is 38.6 Å². The Hall–Kier alpha value is -0.0800. The van der Waals surface area contributed by atoms with Crippen molar-refractivity contribution in [1.82, 2.24) is 5.32 Å². The summed E-state index contributed by atoms with van der Waals surface area (Å²) in [5, 5.41) is 2.53. The van der Waals surface area contributed by atoms with E-state index in [2.05, 4.69) is 5.32 Å². The molecule has 0 radical (unpaired) electrons. The summed E-state index contributed by atoms with van der Waals surface area (Å²) in [6, 6.07) is 0. The highest BCUT2D eigenvalue weighted by atomic mass is 16.5. The third-order valence-corrected chi connectivity index (χ3v) is 1.60. The van der Waals surface area contributed by atoms with Crippen LogP contribution in [-0.4, -0.2) is 24.3 Å². The standard InChI is InChI=1S/C8H17NO/c1-7(2)8(3,4)10-6-5-9-7/h9H,5-6H2,1-4H3/i1D3,3D3,4D3. The zero-order valence-corrected chi connectivity index (χ0v) is 5.82. The lowest BCUT2D eigenvalue weighted by Gasteiger charge is -2.46. The van der Waals surface area contributed by atoms with Gasteiger partial charge in [0.25, 0.3) is 0 Å². The van der Waals surface area contributed by atoms with Crippen molar-refractivity contribution in [1.29, 1.82) is 0 Å². The highest BCUT2D eigenvalue weighted by Crippen LogP contribution is 2.27. The highest BCUT2D eigenvalue weighted by Gasteiger charge is 2.39. The van der Waals surface area contributed by atoms with Gasteiger partial charge in [0, 0.05) is 24.4 Å². The van der Waals surface area contributed by atoms with E-state index in [0.717, 1.165) is 6.92 Å². The second-order valence-electron chi connectivity index (χ2n) is 2.58. The van der Waals surface area contributed by atoms with Crippen LogP contribution in [0.1, 0.15) is 39.8 Å². The number of hydrogen-bond donors (Lipinski definition) is 1. The summed E-state index contributed by atoms with van der Waals surface area (Å²) in [4.78, 5) is 0. The van der Waals surface area contributed by atoms with E-state index in [1.807, 2.05) is 0 Å². The minimum absolute atomic E-state index is 0.0722. The van der Waals surface area contributed by atoms with Crippen molar-refractivity contribution in [2.75, 3.05) is 13.2 Å². The van der Waals surface area contributed by atoms with Crippen molar-refractivity contribution in [3.8, 4) is 0 Å². The summed E-state index contributed by atoms with van der Waals surface area (Å²) < 4.78 is 72.8. The van der Waals surface area contributed by atoms with Gasteiger partial charge in [-0.05, 0) is 27.5 Å². The highest BCUT2D eigenvalue weighted by molar-refractivity contribution is 4.97. The lowest BCUT2D eigenvalue weighted by molar-refractivity contribution is -0.103. The molecule has 0 spiro atoms. The Balaban J connectivity index is 3.59. The molecule has 2 nitrogen and oxygen atoms in total. The van der Waals surface area contributed by atoms with Crippen molar-refractivity contribution in [3.63, 3.8) is 0 Å². The maximum atomic E-state index is 7.53. The molecule has 0 aliphatic carbocycles. The van der Waals surface area contributed by atoms with Crippen molar-refractivity contribution in [3.05, 3.63) is 0 Å². The fraction of sp³-hybridized carbons (Fsp3) is 1.00. The minimum Gasteiger partial charge on any atom is -0.372 e. The second kappa shape index (κ2) is 2.21. The first kappa shape index (κ1) is 2.20. The second-order valence-corrected chi connectivity index (χ2v) is 2.58. The van der Waals surface area contributed by atoms with Crippen LogP contribution in [0.25, 0.3) is 0 Å². The third kappa shape index (κ3) is 1.18. The number of nitrogens with one attached hydrogen (secondary N) is 1. The maximum Gasteiger partial charge on any atom is 0.0802 e. The predicted octanol–water partition coefficient (Wildman–Crippen LogP) is 1.16. The van der Waals surface area contributed by atoms with E-state index in [-0.39, 0.29) is 13.2 Å². The van der Waals surface area contributed by atoms with E-state index in [0.29, 0.717) is 0 Å². The van der Waals surface area contributed by atoms with Crippen LogP contribution in [0.3, 0.4) is 0 Å². The molecular weight excluding hydrogens is 126 g/mol. The van der Waals surface area contributed by atoms with Gasteiger partial charge in [0.2, 0.25) is 0 Å². The summed E-state index contributed by atoms with van der Waals surface area (Å²) in [7, 11) is 0. The van der Waals surface area contributed by atoms with E-state index in [1.54, 1.807) is 0 Å². The van der Waals surface area contributed by atoms with Crippen LogP contribution < -0.4 is 5.32 Å². The molecule has 60 valence electrons. The Morgan fingerprint density at radius 3 is 2.80 bits per heavy atom. The number of ether oxygens (including phenoxy) is 1. The van der Waals surface area contributed by atoms with E-state index < -0.39 is 31.7 Å². The van der Waals surface area contributed by atoms with E-state index in [1.165, 1.54) is 0 Å². The van der Waals surface area contributed by atoms with Gasteiger partial charge in [-0.25, -0.2) is 0 Å². The zero-order chi connectivity index (χ0) is 15.3. The lowest BCUT2D eigenvalue weighted by atomic mass is 9.84. The molecule has 0 bridgehead atoms. The average molecular weight is 152 g/mol. The third-order valence-electron chi connectivity index (χ3n) is 1.60. The molecule has 1 saturated heterocycles. The summed E-state index contributed by atoms with van der Waals surface area (Å²) >= 11 is 0. The van der Waals surface area contributed by atoms with Crippen LogP contribution in [0.15, 0.2) is 0 Å². The lowest BCUT2D eigenvalue weighted by Crippen LogP contribution is -2.62. The Labute approximate surface area is 75.6 Å². The van der Waals surface area contributed by atoms with Gasteiger partial charge in [-0.15, -0.1) is 0 Å². The van der Waals surface area contributed by atoms with Gasteiger partial charge in [-0.2, -0.15) is 0 Å². The minimum atomic E-state index is -3.12. The smallest absolute Gasteiger partial charge is 0.0802 e. The van der Waals surface area contributed by atoms with Crippen LogP contribution >= 0.6 is 0 Å². The van der Waals surface area contributed by atoms with Gasteiger partial charge in [0.15, 0.2) is 0 Å². The van der Waals surface area contributed by atoms with Crippen LogP contribution in [-0.2, 0) is 4.74 Å². The summed E-state index contributed by atoms with van der Waals surface area (Å²) in [6.45, 7) is -8.12. The van der Waals surface area contributed by atoms with Crippen LogP contribution in [0, 0.1) is 0 Å². The first-order chi connectivity index (χ1) is 8.21. The number of hydrogen-bond acceptors (Lipinski definition) is 2. The van der Waals surface area contributed by atoms with Gasteiger partial charge < -0.3 is 10.1 Å². The van der Waals surface area contributed by atoms with Gasteiger partial charge in [0.1, 0.15) is 0 Å². The maximum absolute atomic E-state index is 7.53. The van der Waals surface area contributed by atoms with Crippen LogP contribution in [0.2, 0.25) is 0 Å². The van der Waals surface area contributed by atoms with E-state index in [4.69, 9.17) is 17.1 Å². The molecule has 2 heteroatoms. The molecule has 1 aliphatic rings. The van der Waals surface area contributed by atoms with Gasteiger partial charge in [-0.3, -0.25) is 0 Å². The van der Waals surface area contributed by atoms with E-state index >= 15 is 0 Å². The summed E-state index contributed by atoms with van der Waals surface area (Å²) in [5.41, 5.74) is -4.98. The molecule has 0 amide bonds. The monoisotopic (exact) mass is 152 g/mol. The summed E-state index contributed by atoms with van der Waals surface area (Å²) in [6.07, 6.45) is 0. The molecule has 1 heterocycles. The molecule has 0 aromatic rings. The predicted molar refractivity (Wildman–Crippen MR) is 42.1 cm³/mol. The summed E-state index contributed by atoms with van der Waals surface area (Å²) in [5.74, 6) is 0. The molecule has 1 atom stereocenters. The fourth-order valence-electron chi connectivity index (χ4n) is 0.774. The topological polar surface area (TPSA) is 21.3 Å². The normalized spacial score (nSPS) is 56.7. The molecule has 1 N–H and O–H groups in total. The largest absolute Gasteiger partial charge is 0.372 e. The first-order valence-electron chi connectivity index (χ1n) is 7.60. The molecular formula is C8H17NO. The van der Waals surface area contributed by atoms with Crippen molar-refractivity contribution < 1.29 is 17.1 Å². The number of morpholine rings is 1. The van der Waals surface area contributed by atoms with Gasteiger partial charge in [0.05, 0.1) is 12.2 Å². The Morgan fingerprint density at radius 1 is 1.50 bits per heavy atom. The molecule has 0 aromatic carbocycles. The Kier molecular flexibility index (Phi) is 0.487. The quantitative estimate of drug-likeness (QED) is 0.562. The molecule has 1 unspecified atom stereocenters. The van der Waals surface area contributed by atoms with Crippen molar-refractivity contribution >= 4 is 0 Å². The average Bonchev–Trinajstić information content (AvgIpc) is 2.12. The first-order valence-corrected chi connectivity index (χ1v) is 3.10. The van der Waals surface area contributed by atoms with Gasteiger partial charge >= 0.3 is 0 Å².